The maximum Gasteiger partial charge on any atom is 0.129 e. The van der Waals surface area contributed by atoms with Gasteiger partial charge in [0.15, 0.2) is 0 Å². The molecule has 0 aliphatic rings. The molecule has 3 N–H and O–H groups in total. The van der Waals surface area contributed by atoms with Crippen LogP contribution in [0.3, 0.4) is 0 Å². The third-order valence-corrected chi connectivity index (χ3v) is 3.03. The summed E-state index contributed by atoms with van der Waals surface area (Å²) < 4.78 is 31.1. The summed E-state index contributed by atoms with van der Waals surface area (Å²) in [7, 11) is 0. The molecule has 0 amide bonds. The van der Waals surface area contributed by atoms with E-state index < -0.39 is 11.6 Å². The van der Waals surface area contributed by atoms with Crippen molar-refractivity contribution >= 4 is 5.84 Å². The second-order valence-corrected chi connectivity index (χ2v) is 5.21. The second-order valence-electron chi connectivity index (χ2n) is 5.21. The summed E-state index contributed by atoms with van der Waals surface area (Å²) in [6, 6.07) is 3.12. The first-order valence-corrected chi connectivity index (χ1v) is 6.25. The zero-order valence-electron chi connectivity index (χ0n) is 11.3. The minimum atomic E-state index is -0.646. The first-order chi connectivity index (χ1) is 8.81. The molecule has 0 saturated carbocycles. The number of halogens is 2. The van der Waals surface area contributed by atoms with E-state index in [-0.39, 0.29) is 17.0 Å². The van der Waals surface area contributed by atoms with Crippen molar-refractivity contribution in [3.63, 3.8) is 0 Å². The van der Waals surface area contributed by atoms with Gasteiger partial charge in [0.2, 0.25) is 0 Å². The lowest BCUT2D eigenvalue weighted by Crippen LogP contribution is -2.30. The van der Waals surface area contributed by atoms with Crippen LogP contribution in [0.1, 0.15) is 33.1 Å². The van der Waals surface area contributed by atoms with Gasteiger partial charge in [0.1, 0.15) is 17.4 Å². The van der Waals surface area contributed by atoms with Gasteiger partial charge in [-0.05, 0) is 19.3 Å². The normalized spacial score (nSPS) is 11.4. The smallest absolute Gasteiger partial charge is 0.129 e. The molecule has 1 rings (SSSR count). The Morgan fingerprint density at radius 1 is 1.21 bits per heavy atom. The number of unbranched alkanes of at least 4 members (excludes halogenated alkanes) is 1. The average Bonchev–Trinajstić information content (AvgIpc) is 2.26. The molecule has 5 heteroatoms. The minimum absolute atomic E-state index is 0.167. The molecular formula is C14H20F2N2O. The summed E-state index contributed by atoms with van der Waals surface area (Å²) in [5.41, 5.74) is 5.16. The van der Waals surface area contributed by atoms with E-state index in [4.69, 9.17) is 15.9 Å². The van der Waals surface area contributed by atoms with Gasteiger partial charge in [0.25, 0.3) is 0 Å². The molecule has 0 aromatic heterocycles. The Kier molecular flexibility index (Phi) is 5.27. The molecule has 1 aromatic rings. The number of hydrogen-bond donors (Lipinski definition) is 2. The van der Waals surface area contributed by atoms with Gasteiger partial charge in [0, 0.05) is 23.6 Å². The Balaban J connectivity index is 2.30. The van der Waals surface area contributed by atoms with Gasteiger partial charge in [0.05, 0.1) is 12.4 Å². The number of nitrogens with two attached hydrogens (primary N) is 1. The lowest BCUT2D eigenvalue weighted by atomic mass is 9.86. The fourth-order valence-electron chi connectivity index (χ4n) is 1.61. The molecule has 0 bridgehead atoms. The Hall–Kier alpha value is -1.65. The molecule has 3 nitrogen and oxygen atoms in total. The topological polar surface area (TPSA) is 59.1 Å². The minimum Gasteiger partial charge on any atom is -0.493 e. The largest absolute Gasteiger partial charge is 0.493 e. The summed E-state index contributed by atoms with van der Waals surface area (Å²) in [5.74, 6) is -0.927. The van der Waals surface area contributed by atoms with Gasteiger partial charge >= 0.3 is 0 Å². The third-order valence-electron chi connectivity index (χ3n) is 3.03. The van der Waals surface area contributed by atoms with E-state index in [1.165, 1.54) is 0 Å². The summed E-state index contributed by atoms with van der Waals surface area (Å²) in [6.45, 7) is 4.22. The monoisotopic (exact) mass is 270 g/mol. The van der Waals surface area contributed by atoms with Crippen LogP contribution in [0.25, 0.3) is 0 Å². The molecular weight excluding hydrogens is 250 g/mol. The molecule has 0 unspecified atom stereocenters. The van der Waals surface area contributed by atoms with Crippen LogP contribution in [0, 0.1) is 22.5 Å². The lowest BCUT2D eigenvalue weighted by molar-refractivity contribution is 0.293. The quantitative estimate of drug-likeness (QED) is 0.453. The Morgan fingerprint density at radius 3 is 2.32 bits per heavy atom. The maximum atomic E-state index is 12.9. The highest BCUT2D eigenvalue weighted by Crippen LogP contribution is 2.23. The molecule has 106 valence electrons. The van der Waals surface area contributed by atoms with E-state index in [1.54, 1.807) is 0 Å². The highest BCUT2D eigenvalue weighted by atomic mass is 19.1. The average molecular weight is 270 g/mol. The number of ether oxygens (including phenoxy) is 1. The van der Waals surface area contributed by atoms with Gasteiger partial charge in [-0.25, -0.2) is 8.78 Å². The lowest BCUT2D eigenvalue weighted by Gasteiger charge is -2.22. The molecule has 0 heterocycles. The van der Waals surface area contributed by atoms with Crippen LogP contribution in [0.5, 0.6) is 5.75 Å². The number of hydrogen-bond acceptors (Lipinski definition) is 2. The number of nitrogens with one attached hydrogen (secondary N) is 1. The number of benzene rings is 1. The van der Waals surface area contributed by atoms with E-state index in [9.17, 15) is 8.78 Å². The maximum absolute atomic E-state index is 12.9. The van der Waals surface area contributed by atoms with Crippen molar-refractivity contribution in [3.8, 4) is 5.75 Å². The fourth-order valence-corrected chi connectivity index (χ4v) is 1.61. The number of rotatable bonds is 7. The molecule has 0 aliphatic carbocycles. The molecule has 1 aromatic carbocycles. The van der Waals surface area contributed by atoms with Gasteiger partial charge in [-0.15, -0.1) is 0 Å². The molecule has 0 spiro atoms. The predicted octanol–water partition coefficient (Wildman–Crippen LogP) is 3.48. The van der Waals surface area contributed by atoms with E-state index in [1.807, 2.05) is 13.8 Å². The van der Waals surface area contributed by atoms with Crippen LogP contribution in [0.4, 0.5) is 8.78 Å². The van der Waals surface area contributed by atoms with Crippen molar-refractivity contribution in [3.05, 3.63) is 29.8 Å². The van der Waals surface area contributed by atoms with Crippen molar-refractivity contribution in [2.75, 3.05) is 6.61 Å². The van der Waals surface area contributed by atoms with Crippen LogP contribution < -0.4 is 10.5 Å². The predicted molar refractivity (Wildman–Crippen MR) is 71.4 cm³/mol. The van der Waals surface area contributed by atoms with E-state index >= 15 is 0 Å². The van der Waals surface area contributed by atoms with Crippen LogP contribution in [-0.2, 0) is 0 Å². The molecule has 19 heavy (non-hydrogen) atoms. The van der Waals surface area contributed by atoms with Crippen LogP contribution in [0.15, 0.2) is 18.2 Å². The highest BCUT2D eigenvalue weighted by molar-refractivity contribution is 5.82. The number of amidine groups is 1. The van der Waals surface area contributed by atoms with Crippen molar-refractivity contribution < 1.29 is 13.5 Å². The van der Waals surface area contributed by atoms with Gasteiger partial charge in [-0.2, -0.15) is 0 Å². The molecule has 0 fully saturated rings. The standard InChI is InChI=1S/C14H20F2N2O/c1-14(2,13(17)18)5-3-4-6-19-12-8-10(15)7-11(16)9-12/h7-9H,3-6H2,1-2H3,(H3,17,18). The van der Waals surface area contributed by atoms with E-state index in [0.29, 0.717) is 6.61 Å². The van der Waals surface area contributed by atoms with Crippen LogP contribution >= 0.6 is 0 Å². The fraction of sp³-hybridized carbons (Fsp3) is 0.500. The van der Waals surface area contributed by atoms with Crippen LogP contribution in [-0.4, -0.2) is 12.4 Å². The summed E-state index contributed by atoms with van der Waals surface area (Å²) in [5, 5.41) is 7.42. The van der Waals surface area contributed by atoms with E-state index in [0.717, 1.165) is 37.5 Å². The highest BCUT2D eigenvalue weighted by Gasteiger charge is 2.20. The van der Waals surface area contributed by atoms with E-state index in [2.05, 4.69) is 0 Å². The molecule has 0 aliphatic heterocycles. The first kappa shape index (κ1) is 15.4. The molecule has 0 saturated heterocycles. The SMILES string of the molecule is CC(C)(CCCCOc1cc(F)cc(F)c1)C(=N)N. The second kappa shape index (κ2) is 6.50. The zero-order chi connectivity index (χ0) is 14.5. The molecule has 0 radical (unpaired) electrons. The summed E-state index contributed by atoms with van der Waals surface area (Å²) >= 11 is 0. The summed E-state index contributed by atoms with van der Waals surface area (Å²) in [4.78, 5) is 0. The van der Waals surface area contributed by atoms with Crippen LogP contribution in [0.2, 0.25) is 0 Å². The Morgan fingerprint density at radius 2 is 1.79 bits per heavy atom. The first-order valence-electron chi connectivity index (χ1n) is 6.25. The van der Waals surface area contributed by atoms with Crippen molar-refractivity contribution in [1.29, 1.82) is 5.41 Å². The van der Waals surface area contributed by atoms with Gasteiger partial charge < -0.3 is 10.5 Å². The summed E-state index contributed by atoms with van der Waals surface area (Å²) in [6.07, 6.45) is 2.36. The van der Waals surface area contributed by atoms with Crippen molar-refractivity contribution in [2.45, 2.75) is 33.1 Å². The zero-order valence-corrected chi connectivity index (χ0v) is 11.3. The third kappa shape index (κ3) is 5.24. The Bertz CT molecular complexity index is 427. The van der Waals surface area contributed by atoms with Crippen molar-refractivity contribution in [1.82, 2.24) is 0 Å². The molecule has 0 atom stereocenters. The van der Waals surface area contributed by atoms with Crippen molar-refractivity contribution in [2.24, 2.45) is 11.1 Å². The van der Waals surface area contributed by atoms with Gasteiger partial charge in [-0.1, -0.05) is 13.8 Å². The Labute approximate surface area is 112 Å². The van der Waals surface area contributed by atoms with Gasteiger partial charge in [-0.3, -0.25) is 5.41 Å².